The van der Waals surface area contributed by atoms with Crippen LogP contribution >= 0.6 is 15.9 Å². The highest BCUT2D eigenvalue weighted by Gasteiger charge is 2.15. The molecule has 0 radical (unpaired) electrons. The van der Waals surface area contributed by atoms with Gasteiger partial charge in [0.15, 0.2) is 0 Å². The summed E-state index contributed by atoms with van der Waals surface area (Å²) in [5.41, 5.74) is 0.682. The average molecular weight is 343 g/mol. The molecule has 0 atom stereocenters. The Kier molecular flexibility index (Phi) is 6.33. The van der Waals surface area contributed by atoms with Gasteiger partial charge < -0.3 is 15.0 Å². The number of nitrogens with one attached hydrogen (secondary N) is 1. The van der Waals surface area contributed by atoms with E-state index in [2.05, 4.69) is 45.2 Å². The third-order valence-electron chi connectivity index (χ3n) is 2.62. The first-order chi connectivity index (χ1) is 9.31. The molecule has 20 heavy (non-hydrogen) atoms. The Morgan fingerprint density at radius 1 is 1.30 bits per heavy atom. The van der Waals surface area contributed by atoms with E-state index in [1.54, 1.807) is 0 Å². The summed E-state index contributed by atoms with van der Waals surface area (Å²) in [7, 11) is 0. The Morgan fingerprint density at radius 2 is 1.90 bits per heavy atom. The van der Waals surface area contributed by atoms with E-state index >= 15 is 0 Å². The van der Waals surface area contributed by atoms with Crippen LogP contribution in [0.5, 0.6) is 0 Å². The Balaban J connectivity index is 2.42. The lowest BCUT2D eigenvalue weighted by atomic mass is 10.2. The standard InChI is InChI=1S/C15H23BrN2O2/c1-5-18(13-8-6-12(16)7-9-13)11-10-17-14(19)20-15(2,3)4/h6-9H,5,10-11H2,1-4H3,(H,17,19). The molecule has 4 nitrogen and oxygen atoms in total. The molecular formula is C15H23BrN2O2. The maximum absolute atomic E-state index is 11.6. The summed E-state index contributed by atoms with van der Waals surface area (Å²) in [5, 5.41) is 2.77. The van der Waals surface area contributed by atoms with Gasteiger partial charge in [0.05, 0.1) is 0 Å². The van der Waals surface area contributed by atoms with E-state index in [0.717, 1.165) is 23.2 Å². The molecule has 1 aromatic rings. The molecule has 1 aromatic carbocycles. The largest absolute Gasteiger partial charge is 0.444 e. The molecule has 0 saturated heterocycles. The lowest BCUT2D eigenvalue weighted by Gasteiger charge is -2.24. The number of likely N-dealkylation sites (N-methyl/N-ethyl adjacent to an activating group) is 1. The number of nitrogens with zero attached hydrogens (tertiary/aromatic N) is 1. The van der Waals surface area contributed by atoms with E-state index in [1.165, 1.54) is 0 Å². The Hall–Kier alpha value is -1.23. The molecule has 0 fully saturated rings. The number of alkyl carbamates (subject to hydrolysis) is 1. The molecule has 0 unspecified atom stereocenters. The Bertz CT molecular complexity index is 426. The SMILES string of the molecule is CCN(CCNC(=O)OC(C)(C)C)c1ccc(Br)cc1. The predicted molar refractivity (Wildman–Crippen MR) is 86.3 cm³/mol. The van der Waals surface area contributed by atoms with Gasteiger partial charge in [-0.05, 0) is 52.0 Å². The number of anilines is 1. The fourth-order valence-corrected chi connectivity index (χ4v) is 1.99. The van der Waals surface area contributed by atoms with Gasteiger partial charge in [-0.1, -0.05) is 15.9 Å². The van der Waals surface area contributed by atoms with Crippen LogP contribution in [-0.4, -0.2) is 31.3 Å². The van der Waals surface area contributed by atoms with Crippen LogP contribution in [0.15, 0.2) is 28.7 Å². The van der Waals surface area contributed by atoms with Crippen LogP contribution in [0.1, 0.15) is 27.7 Å². The molecule has 0 aliphatic heterocycles. The number of hydrogen-bond donors (Lipinski definition) is 1. The second kappa shape index (κ2) is 7.53. The molecule has 1 amide bonds. The topological polar surface area (TPSA) is 41.6 Å². The highest BCUT2D eigenvalue weighted by atomic mass is 79.9. The van der Waals surface area contributed by atoms with Crippen LogP contribution in [0.3, 0.4) is 0 Å². The fraction of sp³-hybridized carbons (Fsp3) is 0.533. The second-order valence-electron chi connectivity index (χ2n) is 5.48. The summed E-state index contributed by atoms with van der Waals surface area (Å²) >= 11 is 3.42. The lowest BCUT2D eigenvalue weighted by molar-refractivity contribution is 0.0529. The molecule has 0 bridgehead atoms. The van der Waals surface area contributed by atoms with Crippen molar-refractivity contribution in [2.75, 3.05) is 24.5 Å². The molecule has 0 aromatic heterocycles. The van der Waals surface area contributed by atoms with Crippen molar-refractivity contribution >= 4 is 27.7 Å². The Morgan fingerprint density at radius 3 is 2.40 bits per heavy atom. The molecule has 1 rings (SSSR count). The molecular weight excluding hydrogens is 320 g/mol. The minimum atomic E-state index is -0.458. The van der Waals surface area contributed by atoms with Crippen molar-refractivity contribution in [3.05, 3.63) is 28.7 Å². The van der Waals surface area contributed by atoms with Crippen LogP contribution < -0.4 is 10.2 Å². The first kappa shape index (κ1) is 16.8. The van der Waals surface area contributed by atoms with Crippen molar-refractivity contribution in [1.29, 1.82) is 0 Å². The van der Waals surface area contributed by atoms with Gasteiger partial charge in [0.2, 0.25) is 0 Å². The van der Waals surface area contributed by atoms with Gasteiger partial charge in [-0.2, -0.15) is 0 Å². The van der Waals surface area contributed by atoms with Crippen LogP contribution in [0, 0.1) is 0 Å². The van der Waals surface area contributed by atoms with Crippen LogP contribution in [0.25, 0.3) is 0 Å². The highest BCUT2D eigenvalue weighted by Crippen LogP contribution is 2.17. The molecule has 0 aliphatic carbocycles. The van der Waals surface area contributed by atoms with Gasteiger partial charge in [-0.25, -0.2) is 4.79 Å². The van der Waals surface area contributed by atoms with Crippen molar-refractivity contribution in [2.24, 2.45) is 0 Å². The number of rotatable bonds is 5. The number of benzene rings is 1. The second-order valence-corrected chi connectivity index (χ2v) is 6.40. The van der Waals surface area contributed by atoms with Crippen LogP contribution in [0.2, 0.25) is 0 Å². The zero-order valence-corrected chi connectivity index (χ0v) is 14.2. The van der Waals surface area contributed by atoms with E-state index in [0.29, 0.717) is 6.54 Å². The van der Waals surface area contributed by atoms with Gasteiger partial charge in [0, 0.05) is 29.8 Å². The zero-order chi connectivity index (χ0) is 15.2. The van der Waals surface area contributed by atoms with Gasteiger partial charge in [-0.3, -0.25) is 0 Å². The zero-order valence-electron chi connectivity index (χ0n) is 12.6. The maximum atomic E-state index is 11.6. The first-order valence-corrected chi connectivity index (χ1v) is 7.58. The van der Waals surface area contributed by atoms with Crippen molar-refractivity contribution in [2.45, 2.75) is 33.3 Å². The smallest absolute Gasteiger partial charge is 0.407 e. The number of amides is 1. The molecule has 0 saturated carbocycles. The summed E-state index contributed by atoms with van der Waals surface area (Å²) in [6.07, 6.45) is -0.371. The van der Waals surface area contributed by atoms with Crippen molar-refractivity contribution in [3.8, 4) is 0 Å². The monoisotopic (exact) mass is 342 g/mol. The summed E-state index contributed by atoms with van der Waals surface area (Å²) in [6.45, 7) is 9.84. The van der Waals surface area contributed by atoms with Gasteiger partial charge in [0.1, 0.15) is 5.60 Å². The van der Waals surface area contributed by atoms with E-state index in [1.807, 2.05) is 32.9 Å². The third kappa shape index (κ3) is 6.28. The maximum Gasteiger partial charge on any atom is 0.407 e. The molecule has 0 spiro atoms. The molecule has 1 N–H and O–H groups in total. The summed E-state index contributed by atoms with van der Waals surface area (Å²) in [6, 6.07) is 8.14. The summed E-state index contributed by atoms with van der Waals surface area (Å²) in [5.74, 6) is 0. The molecule has 112 valence electrons. The molecule has 5 heteroatoms. The minimum Gasteiger partial charge on any atom is -0.444 e. The van der Waals surface area contributed by atoms with Crippen molar-refractivity contribution in [1.82, 2.24) is 5.32 Å². The van der Waals surface area contributed by atoms with E-state index in [9.17, 15) is 4.79 Å². The van der Waals surface area contributed by atoms with Crippen molar-refractivity contribution in [3.63, 3.8) is 0 Å². The number of ether oxygens (including phenoxy) is 1. The van der Waals surface area contributed by atoms with Gasteiger partial charge in [0.25, 0.3) is 0 Å². The molecule has 0 heterocycles. The predicted octanol–water partition coefficient (Wildman–Crippen LogP) is 3.80. The fourth-order valence-electron chi connectivity index (χ4n) is 1.73. The van der Waals surface area contributed by atoms with Gasteiger partial charge >= 0.3 is 6.09 Å². The number of carbonyl (C=O) groups excluding carboxylic acids is 1. The summed E-state index contributed by atoms with van der Waals surface area (Å²) < 4.78 is 6.26. The first-order valence-electron chi connectivity index (χ1n) is 6.79. The minimum absolute atomic E-state index is 0.371. The normalized spacial score (nSPS) is 11.1. The molecule has 0 aliphatic rings. The van der Waals surface area contributed by atoms with E-state index in [4.69, 9.17) is 4.74 Å². The lowest BCUT2D eigenvalue weighted by Crippen LogP contribution is -2.38. The highest BCUT2D eigenvalue weighted by molar-refractivity contribution is 9.10. The van der Waals surface area contributed by atoms with E-state index in [-0.39, 0.29) is 6.09 Å². The summed E-state index contributed by atoms with van der Waals surface area (Å²) in [4.78, 5) is 13.7. The third-order valence-corrected chi connectivity index (χ3v) is 3.15. The number of halogens is 1. The average Bonchev–Trinajstić information content (AvgIpc) is 2.34. The van der Waals surface area contributed by atoms with Crippen molar-refractivity contribution < 1.29 is 9.53 Å². The Labute approximate surface area is 129 Å². The van der Waals surface area contributed by atoms with Crippen LogP contribution in [0.4, 0.5) is 10.5 Å². The van der Waals surface area contributed by atoms with Gasteiger partial charge in [-0.15, -0.1) is 0 Å². The quantitative estimate of drug-likeness (QED) is 0.884. The number of carbonyl (C=O) groups is 1. The number of hydrogen-bond acceptors (Lipinski definition) is 3. The van der Waals surface area contributed by atoms with Crippen LogP contribution in [-0.2, 0) is 4.74 Å². The van der Waals surface area contributed by atoms with E-state index < -0.39 is 5.60 Å².